The Kier molecular flexibility index (Phi) is 7.77. The Hall–Kier alpha value is -2.71. The summed E-state index contributed by atoms with van der Waals surface area (Å²) in [6.45, 7) is 8.46. The van der Waals surface area contributed by atoms with Crippen LogP contribution in [0.4, 0.5) is 4.39 Å². The molecule has 0 bridgehead atoms. The van der Waals surface area contributed by atoms with E-state index in [0.717, 1.165) is 23.5 Å². The predicted octanol–water partition coefficient (Wildman–Crippen LogP) is 3.27. The first-order valence-corrected chi connectivity index (χ1v) is 11.6. The van der Waals surface area contributed by atoms with Crippen molar-refractivity contribution in [1.29, 1.82) is 0 Å². The molecule has 0 radical (unpaired) electrons. The normalized spacial score (nSPS) is 18.7. The van der Waals surface area contributed by atoms with Crippen molar-refractivity contribution in [1.82, 2.24) is 14.8 Å². The van der Waals surface area contributed by atoms with Gasteiger partial charge in [0.15, 0.2) is 11.5 Å². The van der Waals surface area contributed by atoms with Crippen LogP contribution in [0.3, 0.4) is 0 Å². The topological polar surface area (TPSA) is 64.1 Å². The summed E-state index contributed by atoms with van der Waals surface area (Å²) in [7, 11) is 0. The Morgan fingerprint density at radius 2 is 2.03 bits per heavy atom. The van der Waals surface area contributed by atoms with Crippen molar-refractivity contribution in [3.8, 4) is 11.5 Å². The largest absolute Gasteiger partial charge is 0.490 e. The molecule has 178 valence electrons. The van der Waals surface area contributed by atoms with Crippen molar-refractivity contribution in [2.75, 3.05) is 39.5 Å². The second-order valence-corrected chi connectivity index (χ2v) is 9.01. The Morgan fingerprint density at radius 3 is 2.82 bits per heavy atom. The van der Waals surface area contributed by atoms with E-state index in [1.807, 2.05) is 23.1 Å². The van der Waals surface area contributed by atoms with Gasteiger partial charge < -0.3 is 19.1 Å². The van der Waals surface area contributed by atoms with Crippen molar-refractivity contribution in [3.05, 3.63) is 53.6 Å². The summed E-state index contributed by atoms with van der Waals surface area (Å²) in [5.74, 6) is 1.40. The molecule has 7 nitrogen and oxygen atoms in total. The number of fused-ring (bicyclic) bond motifs is 1. The smallest absolute Gasteiger partial charge is 0.253 e. The maximum Gasteiger partial charge on any atom is 0.253 e. The molecule has 1 amide bonds. The SMILES string of the molecule is CC(C)CN(Cc1ccc2c(c1)OCCCO2)C(=O)C1CN(Cc2ccncc2F)CCO1. The standard InChI is InChI=1S/C25H32FN3O4/c1-18(2)14-29(15-19-4-5-22-23(12-19)32-10-3-9-31-22)25(30)24-17-28(8-11-33-24)16-20-6-7-27-13-21(20)26/h4-7,12-13,18,24H,3,8-11,14-17H2,1-2H3. The first kappa shape index (κ1) is 23.4. The third-order valence-corrected chi connectivity index (χ3v) is 5.76. The number of pyridine rings is 1. The Labute approximate surface area is 194 Å². The maximum atomic E-state index is 14.0. The first-order valence-electron chi connectivity index (χ1n) is 11.6. The van der Waals surface area contributed by atoms with Gasteiger partial charge in [-0.1, -0.05) is 19.9 Å². The van der Waals surface area contributed by atoms with Crippen LogP contribution in [0.2, 0.25) is 0 Å². The van der Waals surface area contributed by atoms with Crippen LogP contribution in [-0.2, 0) is 22.6 Å². The van der Waals surface area contributed by atoms with Gasteiger partial charge in [0, 0.05) is 50.9 Å². The van der Waals surface area contributed by atoms with E-state index in [1.165, 1.54) is 6.20 Å². The van der Waals surface area contributed by atoms with E-state index in [0.29, 0.717) is 64.0 Å². The van der Waals surface area contributed by atoms with Crippen LogP contribution in [0.25, 0.3) is 0 Å². The maximum absolute atomic E-state index is 14.0. The number of halogens is 1. The van der Waals surface area contributed by atoms with Gasteiger partial charge in [-0.2, -0.15) is 0 Å². The lowest BCUT2D eigenvalue weighted by molar-refractivity contribution is -0.151. The molecule has 0 N–H and O–H groups in total. The van der Waals surface area contributed by atoms with Gasteiger partial charge >= 0.3 is 0 Å². The van der Waals surface area contributed by atoms with Crippen LogP contribution < -0.4 is 9.47 Å². The zero-order valence-corrected chi connectivity index (χ0v) is 19.3. The van der Waals surface area contributed by atoms with Gasteiger partial charge in [-0.05, 0) is 29.7 Å². The molecule has 1 aromatic carbocycles. The minimum absolute atomic E-state index is 0.0456. The number of carbonyl (C=O) groups excluding carboxylic acids is 1. The van der Waals surface area contributed by atoms with Crippen LogP contribution in [0.5, 0.6) is 11.5 Å². The summed E-state index contributed by atoms with van der Waals surface area (Å²) in [6, 6.07) is 7.53. The number of benzene rings is 1. The molecule has 4 rings (SSSR count). The average molecular weight is 458 g/mol. The zero-order valence-electron chi connectivity index (χ0n) is 19.3. The number of nitrogens with zero attached hydrogens (tertiary/aromatic N) is 3. The van der Waals surface area contributed by atoms with E-state index in [4.69, 9.17) is 14.2 Å². The molecular weight excluding hydrogens is 425 g/mol. The summed E-state index contributed by atoms with van der Waals surface area (Å²) in [5, 5.41) is 0. The van der Waals surface area contributed by atoms with Gasteiger partial charge in [0.05, 0.1) is 26.0 Å². The fourth-order valence-electron chi connectivity index (χ4n) is 4.17. The molecule has 2 aliphatic rings. The van der Waals surface area contributed by atoms with Gasteiger partial charge in [-0.25, -0.2) is 4.39 Å². The molecule has 1 aromatic heterocycles. The summed E-state index contributed by atoms with van der Waals surface area (Å²) >= 11 is 0. The lowest BCUT2D eigenvalue weighted by Gasteiger charge is -2.35. The minimum atomic E-state index is -0.581. The summed E-state index contributed by atoms with van der Waals surface area (Å²) in [5.41, 5.74) is 1.56. The van der Waals surface area contributed by atoms with Crippen LogP contribution in [-0.4, -0.2) is 66.2 Å². The number of aromatic nitrogens is 1. The van der Waals surface area contributed by atoms with Gasteiger partial charge in [-0.3, -0.25) is 14.7 Å². The third kappa shape index (κ3) is 6.21. The van der Waals surface area contributed by atoms with Crippen molar-refractivity contribution >= 4 is 5.91 Å². The van der Waals surface area contributed by atoms with E-state index in [1.54, 1.807) is 12.3 Å². The molecule has 0 saturated carbocycles. The molecule has 0 aliphatic carbocycles. The fraction of sp³-hybridized carbons (Fsp3) is 0.520. The van der Waals surface area contributed by atoms with E-state index >= 15 is 0 Å². The zero-order chi connectivity index (χ0) is 23.2. The number of rotatable bonds is 7. The van der Waals surface area contributed by atoms with Crippen molar-refractivity contribution < 1.29 is 23.4 Å². The highest BCUT2D eigenvalue weighted by Crippen LogP contribution is 2.31. The Morgan fingerprint density at radius 1 is 1.21 bits per heavy atom. The van der Waals surface area contributed by atoms with Crippen LogP contribution in [0.15, 0.2) is 36.7 Å². The Bertz CT molecular complexity index is 955. The quantitative estimate of drug-likeness (QED) is 0.636. The number of morpholine rings is 1. The molecule has 1 unspecified atom stereocenters. The van der Waals surface area contributed by atoms with Gasteiger partial charge in [0.25, 0.3) is 5.91 Å². The van der Waals surface area contributed by atoms with E-state index in [9.17, 15) is 9.18 Å². The molecule has 1 fully saturated rings. The highest BCUT2D eigenvalue weighted by Gasteiger charge is 2.31. The molecule has 3 heterocycles. The number of hydrogen-bond donors (Lipinski definition) is 0. The van der Waals surface area contributed by atoms with E-state index in [2.05, 4.69) is 23.7 Å². The first-order chi connectivity index (χ1) is 16.0. The monoisotopic (exact) mass is 457 g/mol. The Balaban J connectivity index is 1.44. The second kappa shape index (κ2) is 10.9. The summed E-state index contributed by atoms with van der Waals surface area (Å²) < 4.78 is 31.4. The molecule has 0 spiro atoms. The number of ether oxygens (including phenoxy) is 3. The van der Waals surface area contributed by atoms with Crippen molar-refractivity contribution in [2.45, 2.75) is 39.5 Å². The highest BCUT2D eigenvalue weighted by molar-refractivity contribution is 5.81. The van der Waals surface area contributed by atoms with E-state index < -0.39 is 6.10 Å². The average Bonchev–Trinajstić information content (AvgIpc) is 3.05. The van der Waals surface area contributed by atoms with Crippen molar-refractivity contribution in [3.63, 3.8) is 0 Å². The van der Waals surface area contributed by atoms with E-state index in [-0.39, 0.29) is 11.7 Å². The molecule has 2 aliphatic heterocycles. The second-order valence-electron chi connectivity index (χ2n) is 9.01. The van der Waals surface area contributed by atoms with Crippen LogP contribution >= 0.6 is 0 Å². The van der Waals surface area contributed by atoms with Crippen LogP contribution in [0.1, 0.15) is 31.4 Å². The lowest BCUT2D eigenvalue weighted by atomic mass is 10.1. The molecule has 33 heavy (non-hydrogen) atoms. The lowest BCUT2D eigenvalue weighted by Crippen LogP contribution is -2.51. The molecule has 1 atom stereocenters. The molecule has 8 heteroatoms. The minimum Gasteiger partial charge on any atom is -0.490 e. The van der Waals surface area contributed by atoms with Gasteiger partial charge in [-0.15, -0.1) is 0 Å². The van der Waals surface area contributed by atoms with Crippen LogP contribution in [0, 0.1) is 11.7 Å². The van der Waals surface area contributed by atoms with Gasteiger partial charge in [0.1, 0.15) is 11.9 Å². The number of hydrogen-bond acceptors (Lipinski definition) is 6. The molecular formula is C25H32FN3O4. The highest BCUT2D eigenvalue weighted by atomic mass is 19.1. The summed E-state index contributed by atoms with van der Waals surface area (Å²) in [6.07, 6.45) is 3.07. The summed E-state index contributed by atoms with van der Waals surface area (Å²) in [4.78, 5) is 21.2. The van der Waals surface area contributed by atoms with Crippen molar-refractivity contribution in [2.24, 2.45) is 5.92 Å². The molecule has 2 aromatic rings. The number of amides is 1. The fourth-order valence-corrected chi connectivity index (χ4v) is 4.17. The number of carbonyl (C=O) groups is 1. The molecule has 1 saturated heterocycles. The van der Waals surface area contributed by atoms with Gasteiger partial charge in [0.2, 0.25) is 0 Å². The predicted molar refractivity (Wildman–Crippen MR) is 122 cm³/mol. The third-order valence-electron chi connectivity index (χ3n) is 5.76.